The lowest BCUT2D eigenvalue weighted by Gasteiger charge is -2.28. The van der Waals surface area contributed by atoms with Crippen LogP contribution >= 0.6 is 0 Å². The molecule has 1 aliphatic rings. The molecular weight excluding hydrogens is 410 g/mol. The minimum Gasteiger partial charge on any atom is -0.311 e. The summed E-state index contributed by atoms with van der Waals surface area (Å²) in [7, 11) is 0. The number of hydrogen-bond acceptors (Lipinski definition) is 1. The highest BCUT2D eigenvalue weighted by molar-refractivity contribution is 5.74. The van der Waals surface area contributed by atoms with E-state index in [0.717, 1.165) is 23.5 Å². The second kappa shape index (κ2) is 8.83. The standard InChI is InChI=1S/C33H31N/c1-24-14-18-30(19-15-24)34(31-20-16-27(17-21-31)26-10-6-5-7-11-26)25(2)22-29-23-28-12-8-9-13-32(28)33(29,3)4/h5-22H,2,23H2,1,3-4H3/b29-22+. The van der Waals surface area contributed by atoms with Crippen molar-refractivity contribution in [2.24, 2.45) is 0 Å². The molecule has 0 saturated heterocycles. The van der Waals surface area contributed by atoms with Crippen LogP contribution in [0.1, 0.15) is 30.5 Å². The summed E-state index contributed by atoms with van der Waals surface area (Å²) in [6, 6.07) is 36.8. The highest BCUT2D eigenvalue weighted by Gasteiger charge is 2.34. The van der Waals surface area contributed by atoms with Crippen molar-refractivity contribution >= 4 is 11.4 Å². The monoisotopic (exact) mass is 441 g/mol. The summed E-state index contributed by atoms with van der Waals surface area (Å²) in [6.45, 7) is 11.3. The minimum atomic E-state index is -0.00432. The predicted molar refractivity (Wildman–Crippen MR) is 146 cm³/mol. The largest absolute Gasteiger partial charge is 0.311 e. The van der Waals surface area contributed by atoms with Gasteiger partial charge in [-0.2, -0.15) is 0 Å². The van der Waals surface area contributed by atoms with Crippen molar-refractivity contribution in [3.63, 3.8) is 0 Å². The van der Waals surface area contributed by atoms with Crippen LogP contribution in [0.5, 0.6) is 0 Å². The van der Waals surface area contributed by atoms with Crippen LogP contribution in [0.4, 0.5) is 11.4 Å². The fraction of sp³-hybridized carbons (Fsp3) is 0.152. The molecule has 168 valence electrons. The number of anilines is 2. The Morgan fingerprint density at radius 2 is 1.29 bits per heavy atom. The molecule has 0 saturated carbocycles. The molecule has 4 aromatic rings. The Labute approximate surface area is 203 Å². The van der Waals surface area contributed by atoms with Crippen LogP contribution in [-0.2, 0) is 11.8 Å². The van der Waals surface area contributed by atoms with Gasteiger partial charge in [-0.25, -0.2) is 0 Å². The van der Waals surface area contributed by atoms with E-state index in [0.29, 0.717) is 0 Å². The van der Waals surface area contributed by atoms with Crippen molar-refractivity contribution in [2.75, 3.05) is 4.90 Å². The van der Waals surface area contributed by atoms with Gasteiger partial charge in [-0.05, 0) is 65.9 Å². The molecule has 0 N–H and O–H groups in total. The Kier molecular flexibility index (Phi) is 5.71. The lowest BCUT2D eigenvalue weighted by molar-refractivity contribution is 0.643. The Hall–Kier alpha value is -3.84. The molecule has 34 heavy (non-hydrogen) atoms. The van der Waals surface area contributed by atoms with Crippen LogP contribution in [0.15, 0.2) is 127 Å². The van der Waals surface area contributed by atoms with E-state index < -0.39 is 0 Å². The summed E-state index contributed by atoms with van der Waals surface area (Å²) < 4.78 is 0. The average molecular weight is 442 g/mol. The highest BCUT2D eigenvalue weighted by atomic mass is 15.1. The summed E-state index contributed by atoms with van der Waals surface area (Å²) in [4.78, 5) is 2.26. The first kappa shape index (κ1) is 22.0. The summed E-state index contributed by atoms with van der Waals surface area (Å²) >= 11 is 0. The van der Waals surface area contributed by atoms with Crippen LogP contribution in [0, 0.1) is 6.92 Å². The fourth-order valence-electron chi connectivity index (χ4n) is 4.99. The lowest BCUT2D eigenvalue weighted by Crippen LogP contribution is -2.19. The van der Waals surface area contributed by atoms with Crippen LogP contribution in [0.25, 0.3) is 11.1 Å². The first-order valence-electron chi connectivity index (χ1n) is 11.9. The minimum absolute atomic E-state index is 0.00432. The number of allylic oxidation sites excluding steroid dienone is 2. The molecule has 0 fully saturated rings. The van der Waals surface area contributed by atoms with Gasteiger partial charge in [0.1, 0.15) is 0 Å². The normalized spacial score (nSPS) is 15.2. The maximum Gasteiger partial charge on any atom is 0.0461 e. The van der Waals surface area contributed by atoms with Gasteiger partial charge in [-0.15, -0.1) is 0 Å². The predicted octanol–water partition coefficient (Wildman–Crippen LogP) is 8.77. The van der Waals surface area contributed by atoms with Crippen LogP contribution in [0.3, 0.4) is 0 Å². The van der Waals surface area contributed by atoms with Crippen LogP contribution in [-0.4, -0.2) is 0 Å². The third-order valence-corrected chi connectivity index (χ3v) is 7.03. The molecule has 5 rings (SSSR count). The molecule has 0 amide bonds. The average Bonchev–Trinajstić information content (AvgIpc) is 3.11. The van der Waals surface area contributed by atoms with Crippen molar-refractivity contribution in [3.05, 3.63) is 144 Å². The maximum atomic E-state index is 4.55. The molecular formula is C33H31N. The molecule has 0 spiro atoms. The van der Waals surface area contributed by atoms with Crippen molar-refractivity contribution in [1.82, 2.24) is 0 Å². The third-order valence-electron chi connectivity index (χ3n) is 7.03. The Balaban J connectivity index is 1.53. The Morgan fingerprint density at radius 1 is 0.735 bits per heavy atom. The van der Waals surface area contributed by atoms with Gasteiger partial charge in [-0.1, -0.05) is 110 Å². The number of fused-ring (bicyclic) bond motifs is 1. The fourth-order valence-corrected chi connectivity index (χ4v) is 4.99. The van der Waals surface area contributed by atoms with Gasteiger partial charge in [0.05, 0.1) is 0 Å². The molecule has 0 heterocycles. The molecule has 1 nitrogen and oxygen atoms in total. The van der Waals surface area contributed by atoms with Gasteiger partial charge in [0, 0.05) is 22.5 Å². The van der Waals surface area contributed by atoms with E-state index >= 15 is 0 Å². The molecule has 1 aliphatic carbocycles. The second-order valence-corrected chi connectivity index (χ2v) is 9.70. The van der Waals surface area contributed by atoms with Crippen molar-refractivity contribution in [3.8, 4) is 11.1 Å². The molecule has 0 bridgehead atoms. The molecule has 1 heteroatoms. The summed E-state index contributed by atoms with van der Waals surface area (Å²) in [5, 5.41) is 0. The van der Waals surface area contributed by atoms with Crippen molar-refractivity contribution in [1.29, 1.82) is 0 Å². The number of hydrogen-bond donors (Lipinski definition) is 0. The van der Waals surface area contributed by atoms with E-state index in [2.05, 4.69) is 141 Å². The lowest BCUT2D eigenvalue weighted by atomic mass is 9.82. The molecule has 4 aromatic carbocycles. The maximum absolute atomic E-state index is 4.55. The van der Waals surface area contributed by atoms with Gasteiger partial charge < -0.3 is 4.90 Å². The zero-order valence-corrected chi connectivity index (χ0v) is 20.3. The molecule has 0 radical (unpaired) electrons. The van der Waals surface area contributed by atoms with Gasteiger partial charge in [0.2, 0.25) is 0 Å². The van der Waals surface area contributed by atoms with Gasteiger partial charge >= 0.3 is 0 Å². The van der Waals surface area contributed by atoms with E-state index in [1.807, 2.05) is 0 Å². The van der Waals surface area contributed by atoms with Crippen molar-refractivity contribution < 1.29 is 0 Å². The highest BCUT2D eigenvalue weighted by Crippen LogP contribution is 2.43. The first-order valence-corrected chi connectivity index (χ1v) is 11.9. The second-order valence-electron chi connectivity index (χ2n) is 9.70. The van der Waals surface area contributed by atoms with Crippen LogP contribution < -0.4 is 4.90 Å². The zero-order chi connectivity index (χ0) is 23.7. The van der Waals surface area contributed by atoms with Gasteiger partial charge in [0.15, 0.2) is 0 Å². The summed E-state index contributed by atoms with van der Waals surface area (Å²) in [5.41, 5.74) is 11.1. The van der Waals surface area contributed by atoms with Gasteiger partial charge in [0.25, 0.3) is 0 Å². The van der Waals surface area contributed by atoms with E-state index in [1.54, 1.807) is 0 Å². The SMILES string of the molecule is C=C(/C=C1\Cc2ccccc2C1(C)C)N(c1ccc(C)cc1)c1ccc(-c2ccccc2)cc1. The smallest absolute Gasteiger partial charge is 0.0461 e. The molecule has 0 unspecified atom stereocenters. The van der Waals surface area contributed by atoms with E-state index in [9.17, 15) is 0 Å². The van der Waals surface area contributed by atoms with E-state index in [-0.39, 0.29) is 5.41 Å². The van der Waals surface area contributed by atoms with Gasteiger partial charge in [-0.3, -0.25) is 0 Å². The Morgan fingerprint density at radius 3 is 1.94 bits per heavy atom. The van der Waals surface area contributed by atoms with Crippen LogP contribution in [0.2, 0.25) is 0 Å². The quantitative estimate of drug-likeness (QED) is 0.299. The number of aryl methyl sites for hydroxylation is 1. The zero-order valence-electron chi connectivity index (χ0n) is 20.3. The molecule has 0 atom stereocenters. The first-order chi connectivity index (χ1) is 16.4. The number of rotatable bonds is 5. The number of benzene rings is 4. The van der Waals surface area contributed by atoms with E-state index in [4.69, 9.17) is 0 Å². The molecule has 0 aliphatic heterocycles. The third kappa shape index (κ3) is 4.10. The summed E-state index contributed by atoms with van der Waals surface area (Å²) in [5.74, 6) is 0. The number of nitrogens with zero attached hydrogens (tertiary/aromatic N) is 1. The van der Waals surface area contributed by atoms with Crippen molar-refractivity contribution in [2.45, 2.75) is 32.6 Å². The Bertz CT molecular complexity index is 1340. The molecule has 0 aromatic heterocycles. The topological polar surface area (TPSA) is 3.24 Å². The van der Waals surface area contributed by atoms with E-state index in [1.165, 1.54) is 33.4 Å². The summed E-state index contributed by atoms with van der Waals surface area (Å²) in [6.07, 6.45) is 3.27.